The molecule has 17 rings (SSSR count). The zero-order valence-electron chi connectivity index (χ0n) is 81.4. The molecule has 0 fully saturated rings. The van der Waals surface area contributed by atoms with Gasteiger partial charge in [0.2, 0.25) is 0 Å². The summed E-state index contributed by atoms with van der Waals surface area (Å²) in [5.41, 5.74) is 24.0. The van der Waals surface area contributed by atoms with Crippen molar-refractivity contribution in [1.82, 2.24) is 9.13 Å². The van der Waals surface area contributed by atoms with Gasteiger partial charge in [0.25, 0.3) is 6.71 Å². The van der Waals surface area contributed by atoms with Crippen molar-refractivity contribution in [3.8, 4) is 55.9 Å². The topological polar surface area (TPSA) is 16.3 Å². The molecule has 2 aromatic heterocycles. The highest BCUT2D eigenvalue weighted by Gasteiger charge is 2.46. The first-order valence-corrected chi connectivity index (χ1v) is 42.7. The molecule has 0 unspecified atom stereocenters. The van der Waals surface area contributed by atoms with Gasteiger partial charge in [-0.2, -0.15) is 0 Å². The maximum absolute atomic E-state index is 10.1. The Bertz CT molecular complexity index is 6340. The van der Waals surface area contributed by atoms with Crippen molar-refractivity contribution in [1.29, 1.82) is 0 Å². The van der Waals surface area contributed by atoms with Gasteiger partial charge in [-0.25, -0.2) is 0 Å². The fourth-order valence-electron chi connectivity index (χ4n) is 18.8. The Hall–Kier alpha value is -10.9. The first-order chi connectivity index (χ1) is 58.9. The Morgan fingerprint density at radius 1 is 0.246 bits per heavy atom. The lowest BCUT2D eigenvalue weighted by molar-refractivity contribution is 0.410. The van der Waals surface area contributed by atoms with Gasteiger partial charge in [0.15, 0.2) is 0 Å². The van der Waals surface area contributed by atoms with Crippen molar-refractivity contribution >= 4 is 101 Å². The van der Waals surface area contributed by atoms with E-state index < -0.39 is 53.9 Å². The minimum absolute atomic E-state index is 0.246. The van der Waals surface area contributed by atoms with Crippen molar-refractivity contribution in [3.05, 3.63) is 306 Å². The molecular formula is C113H121BN4. The molecule has 4 nitrogen and oxygen atoms in total. The number of fused-ring (bicyclic) bond motifs is 10. The smallest absolute Gasteiger partial charge is 0.252 e. The van der Waals surface area contributed by atoms with Crippen LogP contribution in [0.25, 0.3) is 99.5 Å². The zero-order valence-corrected chi connectivity index (χ0v) is 73.4. The summed E-state index contributed by atoms with van der Waals surface area (Å²) in [4.78, 5) is 5.14. The molecule has 0 N–H and O–H groups in total. The first-order valence-electron chi connectivity index (χ1n) is 46.7. The van der Waals surface area contributed by atoms with Crippen molar-refractivity contribution in [3.63, 3.8) is 0 Å². The lowest BCUT2D eigenvalue weighted by Crippen LogP contribution is -2.61. The molecule has 0 amide bonds. The Kier molecular flexibility index (Phi) is 17.6. The van der Waals surface area contributed by atoms with Gasteiger partial charge in [-0.3, -0.25) is 0 Å². The molecule has 0 radical (unpaired) electrons. The van der Waals surface area contributed by atoms with E-state index in [2.05, 4.69) is 300 Å². The molecule has 15 aromatic rings. The van der Waals surface area contributed by atoms with E-state index in [0.29, 0.717) is 41.5 Å². The highest BCUT2D eigenvalue weighted by atomic mass is 15.2. The molecule has 0 saturated heterocycles. The van der Waals surface area contributed by atoms with E-state index in [0.717, 1.165) is 167 Å². The van der Waals surface area contributed by atoms with E-state index in [1.54, 1.807) is 0 Å². The maximum Gasteiger partial charge on any atom is 0.252 e. The Morgan fingerprint density at radius 2 is 0.542 bits per heavy atom. The summed E-state index contributed by atoms with van der Waals surface area (Å²) in [5, 5.41) is 4.58. The molecule has 0 spiro atoms. The van der Waals surface area contributed by atoms with Crippen LogP contribution in [0.15, 0.2) is 267 Å². The largest absolute Gasteiger partial charge is 0.311 e. The molecule has 4 heterocycles. The fourth-order valence-corrected chi connectivity index (χ4v) is 18.8. The third-order valence-corrected chi connectivity index (χ3v) is 22.6. The number of benzene rings is 13. The van der Waals surface area contributed by atoms with Gasteiger partial charge in [0.05, 0.1) is 33.4 Å². The van der Waals surface area contributed by atoms with Gasteiger partial charge in [0.1, 0.15) is 0 Å². The van der Waals surface area contributed by atoms with Crippen LogP contribution in [0.4, 0.5) is 34.1 Å². The van der Waals surface area contributed by atoms with Crippen LogP contribution in [-0.2, 0) is 44.8 Å². The standard InChI is InChI=1S/C113H121BN4/c1-107(2,3)66-73-34-30-38-78(54-73)90-64-100(92(60-82(90)71-112(16,17)18)80-40-32-36-75(56-80)68-109(7,8)9)117-102-62-84(115-96-46-26-22-42-86(96)87-43-23-27-47-97(87)115)50-52-94(102)114-95-53-51-85(116-98-48-28-24-44-88(98)89-45-25-29-49-99(89)116)63-103(95)118(105-59-77(70-111(13,14)15)58-104(117)106(105)114)101-65-91(79-39-31-35-74(55-79)67-108(4,5)6)83(72-113(19,20)21)61-93(101)81-41-33-37-76(57-81)69-110(10,11)12/h22-65H,66-72H2,1-21H3/i66D2,67D2,68D2,69D2. The molecule has 2 aliphatic heterocycles. The van der Waals surface area contributed by atoms with Crippen LogP contribution in [0.2, 0.25) is 0 Å². The maximum atomic E-state index is 10.1. The van der Waals surface area contributed by atoms with E-state index in [4.69, 9.17) is 0 Å². The number of hydrogen-bond acceptors (Lipinski definition) is 2. The fraction of sp³-hybridized carbons (Fsp3) is 0.310. The molecule has 0 bridgehead atoms. The number of hydrogen-bond donors (Lipinski definition) is 0. The average Bonchev–Trinajstić information content (AvgIpc) is 0.755. The van der Waals surface area contributed by atoms with E-state index in [1.165, 1.54) is 0 Å². The second kappa shape index (κ2) is 29.6. The monoisotopic (exact) mass is 1550 g/mol. The molecule has 596 valence electrons. The predicted octanol–water partition coefficient (Wildman–Crippen LogP) is 29.8. The quantitative estimate of drug-likeness (QED) is 0.0951. The Balaban J connectivity index is 1.08. The van der Waals surface area contributed by atoms with Crippen LogP contribution in [0.1, 0.15) is 195 Å². The minimum Gasteiger partial charge on any atom is -0.311 e. The van der Waals surface area contributed by atoms with Crippen molar-refractivity contribution < 1.29 is 11.0 Å². The van der Waals surface area contributed by atoms with Crippen molar-refractivity contribution in [2.24, 2.45) is 37.9 Å². The molecule has 0 saturated carbocycles. The molecular weight excluding hydrogens is 1420 g/mol. The lowest BCUT2D eigenvalue weighted by atomic mass is 9.33. The van der Waals surface area contributed by atoms with Crippen LogP contribution in [-0.4, -0.2) is 15.8 Å². The van der Waals surface area contributed by atoms with Crippen LogP contribution >= 0.6 is 0 Å². The summed E-state index contributed by atoms with van der Waals surface area (Å²) < 4.78 is 84.9. The third-order valence-electron chi connectivity index (χ3n) is 22.6. The Labute approximate surface area is 716 Å². The number of aromatic nitrogens is 2. The molecule has 0 atom stereocenters. The summed E-state index contributed by atoms with van der Waals surface area (Å²) >= 11 is 0. The van der Waals surface area contributed by atoms with Crippen LogP contribution < -0.4 is 26.2 Å². The van der Waals surface area contributed by atoms with Gasteiger partial charge in [-0.15, -0.1) is 0 Å². The second-order valence-electron chi connectivity index (χ2n) is 41.5. The summed E-state index contributed by atoms with van der Waals surface area (Å²) in [6.07, 6.45) is -5.02. The highest BCUT2D eigenvalue weighted by Crippen LogP contribution is 2.54. The molecule has 13 aromatic carbocycles. The lowest BCUT2D eigenvalue weighted by Gasteiger charge is -2.46. The van der Waals surface area contributed by atoms with Gasteiger partial charge in [-0.05, 0) is 256 Å². The van der Waals surface area contributed by atoms with E-state index >= 15 is 0 Å². The van der Waals surface area contributed by atoms with Gasteiger partial charge in [0, 0.05) is 77.8 Å². The normalized spacial score (nSPS) is 15.0. The van der Waals surface area contributed by atoms with Crippen LogP contribution in [0, 0.1) is 37.9 Å². The highest BCUT2D eigenvalue weighted by molar-refractivity contribution is 7.00. The minimum atomic E-state index is -1.77. The van der Waals surface area contributed by atoms with Gasteiger partial charge >= 0.3 is 0 Å². The molecule has 118 heavy (non-hydrogen) atoms. The molecule has 2 aliphatic rings. The van der Waals surface area contributed by atoms with Crippen molar-refractivity contribution in [2.75, 3.05) is 9.80 Å². The molecule has 0 aliphatic carbocycles. The Morgan fingerprint density at radius 3 is 0.839 bits per heavy atom. The number of anilines is 6. The van der Waals surface area contributed by atoms with Crippen LogP contribution in [0.5, 0.6) is 0 Å². The summed E-state index contributed by atoms with van der Waals surface area (Å²) in [6, 6.07) is 96.7. The van der Waals surface area contributed by atoms with E-state index in [9.17, 15) is 11.0 Å². The number of nitrogens with zero attached hydrogens (tertiary/aromatic N) is 4. The number of rotatable bonds is 15. The van der Waals surface area contributed by atoms with Crippen molar-refractivity contribution in [2.45, 2.75) is 190 Å². The SMILES string of the molecule is [2H]C([2H])(c1cccc(-c2cc(N3c4cc(-n5c6ccccc6c6ccccc65)ccc4B4c5ccc(-n6c7ccccc7c7ccccc76)cc5N(c5cc(-c6cccc(C([2H])([2H])C(C)(C)C)c6)c(CC(C)(C)C)cc5-c5cccc(C([2H])([2H])C(C)(C)C)c5)c5cc(CC(C)(C)C)cc3c54)c(-c3cccc(C([2H])([2H])C(C)(C)C)c3)cc2CC(C)(C)C)c1)C(C)(C)C. The van der Waals surface area contributed by atoms with E-state index in [-0.39, 0.29) is 16.2 Å². The third kappa shape index (κ3) is 16.1. The van der Waals surface area contributed by atoms with Gasteiger partial charge < -0.3 is 18.9 Å². The second-order valence-corrected chi connectivity index (χ2v) is 41.5. The average molecular weight is 1550 g/mol. The first kappa shape index (κ1) is 70.2. The zero-order chi connectivity index (χ0) is 90.3. The van der Waals surface area contributed by atoms with Gasteiger partial charge in [-0.1, -0.05) is 327 Å². The predicted molar refractivity (Wildman–Crippen MR) is 513 cm³/mol. The summed E-state index contributed by atoms with van der Waals surface area (Å²) in [7, 11) is 0. The summed E-state index contributed by atoms with van der Waals surface area (Å²) in [5.74, 6) is 0. The summed E-state index contributed by atoms with van der Waals surface area (Å²) in [6.45, 7) is 44.0. The molecule has 5 heteroatoms. The van der Waals surface area contributed by atoms with E-state index in [1.807, 2.05) is 132 Å². The van der Waals surface area contributed by atoms with Crippen LogP contribution in [0.3, 0.4) is 0 Å². The number of para-hydroxylation sites is 4.